The van der Waals surface area contributed by atoms with Crippen LogP contribution < -0.4 is 5.32 Å². The van der Waals surface area contributed by atoms with Gasteiger partial charge in [0.15, 0.2) is 0 Å². The minimum atomic E-state index is 0. The van der Waals surface area contributed by atoms with Gasteiger partial charge in [0.25, 0.3) is 5.91 Å². The topological polar surface area (TPSA) is 37.3 Å². The number of aryl methyl sites for hydroxylation is 1. The van der Waals surface area contributed by atoms with Crippen molar-refractivity contribution in [2.45, 2.75) is 59.7 Å². The third kappa shape index (κ3) is 3.27. The average Bonchev–Trinajstić information content (AvgIpc) is 2.67. The molecule has 1 aromatic rings. The van der Waals surface area contributed by atoms with Crippen LogP contribution in [0.3, 0.4) is 0 Å². The summed E-state index contributed by atoms with van der Waals surface area (Å²) in [5.74, 6) is 0.172. The quantitative estimate of drug-likeness (QED) is 0.911. The number of amides is 1. The number of rotatable bonds is 2. The monoisotopic (exact) mass is 313 g/mol. The molecule has 21 heavy (non-hydrogen) atoms. The van der Waals surface area contributed by atoms with Crippen LogP contribution in [0.2, 0.25) is 0 Å². The summed E-state index contributed by atoms with van der Waals surface area (Å²) in [6.07, 6.45) is 0. The third-order valence-electron chi connectivity index (χ3n) is 4.53. The van der Waals surface area contributed by atoms with Gasteiger partial charge in [0.1, 0.15) is 0 Å². The lowest BCUT2D eigenvalue weighted by Gasteiger charge is -2.38. The van der Waals surface area contributed by atoms with Crippen molar-refractivity contribution in [3.05, 3.63) is 23.0 Å². The van der Waals surface area contributed by atoms with Crippen molar-refractivity contribution in [3.63, 3.8) is 0 Å². The Labute approximate surface area is 134 Å². The standard InChI is InChI=1S/C16H27N3O.ClH/c1-10(2)19-11(3)9-15(14(19)6)16(20)18-8-7-17-12(4)13(18)5;/h9-10,12-13,17H,7-8H2,1-6H3;1H. The number of aromatic nitrogens is 1. The first-order valence-corrected chi connectivity index (χ1v) is 7.57. The zero-order valence-electron chi connectivity index (χ0n) is 13.9. The number of nitrogens with zero attached hydrogens (tertiary/aromatic N) is 2. The molecule has 0 saturated carbocycles. The molecular formula is C16H28ClN3O. The number of hydrogen-bond donors (Lipinski definition) is 1. The van der Waals surface area contributed by atoms with Crippen LogP contribution in [-0.2, 0) is 0 Å². The summed E-state index contributed by atoms with van der Waals surface area (Å²) in [4.78, 5) is 14.9. The van der Waals surface area contributed by atoms with E-state index >= 15 is 0 Å². The molecule has 0 aromatic carbocycles. The first kappa shape index (κ1) is 18.1. The molecule has 0 spiro atoms. The van der Waals surface area contributed by atoms with Crippen molar-refractivity contribution in [2.75, 3.05) is 13.1 Å². The number of carbonyl (C=O) groups is 1. The van der Waals surface area contributed by atoms with E-state index in [1.807, 2.05) is 11.0 Å². The molecule has 1 aliphatic rings. The highest BCUT2D eigenvalue weighted by Gasteiger charge is 2.30. The molecule has 2 unspecified atom stereocenters. The molecule has 2 heterocycles. The van der Waals surface area contributed by atoms with Crippen molar-refractivity contribution in [3.8, 4) is 0 Å². The number of hydrogen-bond acceptors (Lipinski definition) is 2. The zero-order valence-corrected chi connectivity index (χ0v) is 14.8. The van der Waals surface area contributed by atoms with Crippen LogP contribution in [0.4, 0.5) is 0 Å². The van der Waals surface area contributed by atoms with Crippen LogP contribution in [0.25, 0.3) is 0 Å². The van der Waals surface area contributed by atoms with Crippen LogP contribution in [0.1, 0.15) is 55.5 Å². The summed E-state index contributed by atoms with van der Waals surface area (Å²) in [6, 6.07) is 3.01. The fourth-order valence-corrected chi connectivity index (χ4v) is 3.29. The van der Waals surface area contributed by atoms with Gasteiger partial charge in [-0.3, -0.25) is 4.79 Å². The third-order valence-corrected chi connectivity index (χ3v) is 4.53. The molecule has 120 valence electrons. The van der Waals surface area contributed by atoms with E-state index in [1.54, 1.807) is 0 Å². The minimum absolute atomic E-state index is 0. The molecule has 1 saturated heterocycles. The van der Waals surface area contributed by atoms with Gasteiger partial charge < -0.3 is 14.8 Å². The molecule has 1 aliphatic heterocycles. The van der Waals surface area contributed by atoms with Crippen molar-refractivity contribution >= 4 is 18.3 Å². The average molecular weight is 314 g/mol. The first-order chi connectivity index (χ1) is 9.34. The second-order valence-electron chi connectivity index (χ2n) is 6.23. The summed E-state index contributed by atoms with van der Waals surface area (Å²) in [6.45, 7) is 14.4. The predicted molar refractivity (Wildman–Crippen MR) is 89.5 cm³/mol. The summed E-state index contributed by atoms with van der Waals surface area (Å²) in [7, 11) is 0. The Balaban J connectivity index is 0.00000220. The van der Waals surface area contributed by atoms with Crippen LogP contribution in [0, 0.1) is 13.8 Å². The lowest BCUT2D eigenvalue weighted by Crippen LogP contribution is -2.57. The van der Waals surface area contributed by atoms with Crippen LogP contribution in [0.15, 0.2) is 6.07 Å². The summed E-state index contributed by atoms with van der Waals surface area (Å²) < 4.78 is 2.24. The van der Waals surface area contributed by atoms with Gasteiger partial charge in [-0.05, 0) is 47.6 Å². The summed E-state index contributed by atoms with van der Waals surface area (Å²) in [5, 5.41) is 3.42. The maximum Gasteiger partial charge on any atom is 0.256 e. The minimum Gasteiger partial charge on any atom is -0.346 e. The molecule has 0 bridgehead atoms. The van der Waals surface area contributed by atoms with Gasteiger partial charge in [0.05, 0.1) is 5.56 Å². The molecule has 1 N–H and O–H groups in total. The van der Waals surface area contributed by atoms with E-state index < -0.39 is 0 Å². The number of nitrogens with one attached hydrogen (secondary N) is 1. The molecule has 2 atom stereocenters. The highest BCUT2D eigenvalue weighted by molar-refractivity contribution is 5.96. The lowest BCUT2D eigenvalue weighted by molar-refractivity contribution is 0.0602. The van der Waals surface area contributed by atoms with Gasteiger partial charge in [0.2, 0.25) is 0 Å². The first-order valence-electron chi connectivity index (χ1n) is 7.57. The SMILES string of the molecule is Cc1cc(C(=O)N2CCNC(C)C2C)c(C)n1C(C)C.Cl. The van der Waals surface area contributed by atoms with E-state index in [-0.39, 0.29) is 24.4 Å². The molecule has 1 aromatic heterocycles. The molecule has 1 fully saturated rings. The lowest BCUT2D eigenvalue weighted by atomic mass is 10.1. The Hall–Kier alpha value is -1.000. The van der Waals surface area contributed by atoms with Crippen molar-refractivity contribution in [1.82, 2.24) is 14.8 Å². The molecule has 5 heteroatoms. The molecule has 4 nitrogen and oxygen atoms in total. The highest BCUT2D eigenvalue weighted by atomic mass is 35.5. The van der Waals surface area contributed by atoms with Crippen LogP contribution in [0.5, 0.6) is 0 Å². The Morgan fingerprint density at radius 3 is 2.48 bits per heavy atom. The van der Waals surface area contributed by atoms with Gasteiger partial charge in [-0.15, -0.1) is 12.4 Å². The van der Waals surface area contributed by atoms with Crippen LogP contribution in [-0.4, -0.2) is 40.5 Å². The Morgan fingerprint density at radius 1 is 1.33 bits per heavy atom. The number of halogens is 1. The Bertz CT molecular complexity index is 510. The van der Waals surface area contributed by atoms with Gasteiger partial charge in [0, 0.05) is 42.6 Å². The van der Waals surface area contributed by atoms with E-state index in [0.29, 0.717) is 12.1 Å². The van der Waals surface area contributed by atoms with Crippen molar-refractivity contribution in [1.29, 1.82) is 0 Å². The van der Waals surface area contributed by atoms with Crippen LogP contribution >= 0.6 is 12.4 Å². The maximum absolute atomic E-state index is 12.8. The van der Waals surface area contributed by atoms with Crippen molar-refractivity contribution in [2.24, 2.45) is 0 Å². The summed E-state index contributed by atoms with van der Waals surface area (Å²) >= 11 is 0. The second kappa shape index (κ2) is 6.84. The van der Waals surface area contributed by atoms with Gasteiger partial charge >= 0.3 is 0 Å². The van der Waals surface area contributed by atoms with E-state index in [2.05, 4.69) is 51.4 Å². The maximum atomic E-state index is 12.8. The zero-order chi connectivity index (χ0) is 15.0. The second-order valence-corrected chi connectivity index (χ2v) is 6.23. The Morgan fingerprint density at radius 2 is 1.95 bits per heavy atom. The highest BCUT2D eigenvalue weighted by Crippen LogP contribution is 2.23. The van der Waals surface area contributed by atoms with E-state index in [1.165, 1.54) is 0 Å². The van der Waals surface area contributed by atoms with E-state index in [0.717, 1.165) is 30.0 Å². The van der Waals surface area contributed by atoms with Crippen molar-refractivity contribution < 1.29 is 4.79 Å². The van der Waals surface area contributed by atoms with E-state index in [4.69, 9.17) is 0 Å². The summed E-state index contributed by atoms with van der Waals surface area (Å²) in [5.41, 5.74) is 3.11. The fraction of sp³-hybridized carbons (Fsp3) is 0.688. The van der Waals surface area contributed by atoms with Gasteiger partial charge in [-0.1, -0.05) is 0 Å². The molecular weight excluding hydrogens is 286 g/mol. The predicted octanol–water partition coefficient (Wildman–Crippen LogP) is 2.93. The Kier molecular flexibility index (Phi) is 5.88. The normalized spacial score (nSPS) is 22.3. The largest absolute Gasteiger partial charge is 0.346 e. The van der Waals surface area contributed by atoms with E-state index in [9.17, 15) is 4.79 Å². The molecule has 2 rings (SSSR count). The number of carbonyl (C=O) groups excluding carboxylic acids is 1. The molecule has 0 aliphatic carbocycles. The smallest absolute Gasteiger partial charge is 0.256 e. The fourth-order valence-electron chi connectivity index (χ4n) is 3.29. The molecule has 0 radical (unpaired) electrons. The van der Waals surface area contributed by atoms with Gasteiger partial charge in [-0.25, -0.2) is 0 Å². The van der Waals surface area contributed by atoms with Gasteiger partial charge in [-0.2, -0.15) is 0 Å². The molecule has 1 amide bonds. The number of piperazine rings is 1.